The summed E-state index contributed by atoms with van der Waals surface area (Å²) in [6, 6.07) is 0. The molecule has 24 heavy (non-hydrogen) atoms. The van der Waals surface area contributed by atoms with Gasteiger partial charge in [-0.15, -0.1) is 0 Å². The number of aromatic nitrogens is 3. The van der Waals surface area contributed by atoms with E-state index < -0.39 is 5.60 Å². The van der Waals surface area contributed by atoms with Crippen LogP contribution in [0.25, 0.3) is 0 Å². The third-order valence-corrected chi connectivity index (χ3v) is 5.63. The summed E-state index contributed by atoms with van der Waals surface area (Å²) in [5, 5.41) is 15.7. The van der Waals surface area contributed by atoms with Crippen molar-refractivity contribution in [1.29, 1.82) is 0 Å². The van der Waals surface area contributed by atoms with Gasteiger partial charge < -0.3 is 9.84 Å². The van der Waals surface area contributed by atoms with Crippen molar-refractivity contribution in [3.05, 3.63) is 11.6 Å². The third-order valence-electron chi connectivity index (χ3n) is 5.63. The predicted octanol–water partition coefficient (Wildman–Crippen LogP) is 0.419. The molecule has 136 valence electrons. The number of aliphatic hydroxyl groups is 1. The van der Waals surface area contributed by atoms with Gasteiger partial charge in [0.05, 0.1) is 25.4 Å². The Kier molecular flexibility index (Phi) is 4.97. The van der Waals surface area contributed by atoms with E-state index in [1.54, 1.807) is 0 Å². The zero-order valence-corrected chi connectivity index (χ0v) is 15.5. The highest BCUT2D eigenvalue weighted by Crippen LogP contribution is 2.39. The molecule has 3 heterocycles. The average Bonchev–Trinajstić information content (AvgIpc) is 2.82. The lowest BCUT2D eigenvalue weighted by atomic mass is 9.69. The number of hydrogen-bond acceptors (Lipinski definition) is 6. The normalized spacial score (nSPS) is 29.0. The van der Waals surface area contributed by atoms with Gasteiger partial charge in [0.1, 0.15) is 11.6 Å². The Balaban J connectivity index is 1.64. The summed E-state index contributed by atoms with van der Waals surface area (Å²) in [5.74, 6) is 1.80. The number of piperidine rings is 1. The molecule has 1 aromatic heterocycles. The van der Waals surface area contributed by atoms with Gasteiger partial charge in [-0.2, -0.15) is 5.10 Å². The van der Waals surface area contributed by atoms with E-state index in [2.05, 4.69) is 33.7 Å². The number of hydrogen-bond donors (Lipinski definition) is 1. The molecule has 2 aliphatic rings. The lowest BCUT2D eigenvalue weighted by Gasteiger charge is -2.52. The number of aryl methyl sites for hydroxylation is 2. The minimum atomic E-state index is -0.656. The third kappa shape index (κ3) is 3.64. The fourth-order valence-corrected chi connectivity index (χ4v) is 3.92. The molecule has 0 unspecified atom stereocenters. The summed E-state index contributed by atoms with van der Waals surface area (Å²) in [6.45, 7) is 12.9. The smallest absolute Gasteiger partial charge is 0.147 e. The van der Waals surface area contributed by atoms with E-state index in [4.69, 9.17) is 4.74 Å². The summed E-state index contributed by atoms with van der Waals surface area (Å²) >= 11 is 0. The first kappa shape index (κ1) is 17.8. The van der Waals surface area contributed by atoms with E-state index in [-0.39, 0.29) is 5.41 Å². The van der Waals surface area contributed by atoms with E-state index in [1.165, 1.54) is 0 Å². The molecule has 7 heteroatoms. The van der Waals surface area contributed by atoms with Gasteiger partial charge in [0.2, 0.25) is 0 Å². The van der Waals surface area contributed by atoms with Crippen molar-refractivity contribution in [1.82, 2.24) is 24.6 Å². The van der Waals surface area contributed by atoms with Crippen molar-refractivity contribution in [3.8, 4) is 0 Å². The van der Waals surface area contributed by atoms with Gasteiger partial charge in [0, 0.05) is 45.2 Å². The second-order valence-electron chi connectivity index (χ2n) is 7.96. The fourth-order valence-electron chi connectivity index (χ4n) is 3.92. The zero-order valence-electron chi connectivity index (χ0n) is 15.5. The first-order valence-corrected chi connectivity index (χ1v) is 8.90. The largest absolute Gasteiger partial charge is 0.388 e. The Morgan fingerprint density at radius 1 is 1.17 bits per heavy atom. The summed E-state index contributed by atoms with van der Waals surface area (Å²) in [5.41, 5.74) is -0.826. The monoisotopic (exact) mass is 337 g/mol. The first-order valence-electron chi connectivity index (χ1n) is 8.90. The van der Waals surface area contributed by atoms with Crippen molar-refractivity contribution >= 4 is 0 Å². The lowest BCUT2D eigenvalue weighted by molar-refractivity contribution is -0.141. The van der Waals surface area contributed by atoms with Crippen LogP contribution in [0.3, 0.4) is 0 Å². The van der Waals surface area contributed by atoms with Gasteiger partial charge in [-0.3, -0.25) is 14.5 Å². The number of ether oxygens (including phenoxy) is 1. The number of rotatable bonds is 4. The van der Waals surface area contributed by atoms with Gasteiger partial charge in [-0.25, -0.2) is 4.98 Å². The molecule has 0 aromatic carbocycles. The maximum atomic E-state index is 11.4. The molecular formula is C17H31N5O2. The summed E-state index contributed by atoms with van der Waals surface area (Å²) in [4.78, 5) is 9.23. The molecule has 1 atom stereocenters. The van der Waals surface area contributed by atoms with Crippen LogP contribution in [0, 0.1) is 12.3 Å². The SMILES string of the molecule is Cc1nc(CN2CC[C@](O)(CN3CCOCC3)C(C)(C)C2)n(C)n1. The van der Waals surface area contributed by atoms with Gasteiger partial charge in [0.25, 0.3) is 0 Å². The van der Waals surface area contributed by atoms with Gasteiger partial charge in [-0.1, -0.05) is 13.8 Å². The molecule has 1 N–H and O–H groups in total. The molecule has 0 aliphatic carbocycles. The highest BCUT2D eigenvalue weighted by Gasteiger charge is 2.48. The number of morpholine rings is 1. The number of β-amino-alcohol motifs (C(OH)–C–C–N with tert-alkyl or cyclic N) is 1. The van der Waals surface area contributed by atoms with Crippen molar-refractivity contribution < 1.29 is 9.84 Å². The molecular weight excluding hydrogens is 306 g/mol. The van der Waals surface area contributed by atoms with Gasteiger partial charge in [0.15, 0.2) is 0 Å². The second-order valence-corrected chi connectivity index (χ2v) is 7.96. The molecule has 1 aromatic rings. The minimum absolute atomic E-state index is 0.169. The molecule has 3 rings (SSSR count). The minimum Gasteiger partial charge on any atom is -0.388 e. The van der Waals surface area contributed by atoms with Crippen molar-refractivity contribution in [2.24, 2.45) is 12.5 Å². The van der Waals surface area contributed by atoms with Crippen LogP contribution < -0.4 is 0 Å². The Labute approximate surface area is 144 Å². The predicted molar refractivity (Wildman–Crippen MR) is 91.6 cm³/mol. The highest BCUT2D eigenvalue weighted by molar-refractivity contribution is 5.02. The van der Waals surface area contributed by atoms with Crippen LogP contribution in [0.2, 0.25) is 0 Å². The molecule has 2 saturated heterocycles. The Morgan fingerprint density at radius 3 is 2.46 bits per heavy atom. The second kappa shape index (κ2) is 6.71. The van der Waals surface area contributed by atoms with Crippen LogP contribution in [0.1, 0.15) is 31.9 Å². The van der Waals surface area contributed by atoms with Crippen molar-refractivity contribution in [2.45, 2.75) is 39.3 Å². The maximum absolute atomic E-state index is 11.4. The van der Waals surface area contributed by atoms with Crippen LogP contribution in [0.4, 0.5) is 0 Å². The average molecular weight is 337 g/mol. The molecule has 0 bridgehead atoms. The zero-order chi connectivity index (χ0) is 17.4. The van der Waals surface area contributed by atoms with E-state index in [1.807, 2.05) is 18.7 Å². The quantitative estimate of drug-likeness (QED) is 0.859. The maximum Gasteiger partial charge on any atom is 0.147 e. The number of likely N-dealkylation sites (tertiary alicyclic amines) is 1. The van der Waals surface area contributed by atoms with Crippen LogP contribution in [0.15, 0.2) is 0 Å². The van der Waals surface area contributed by atoms with Crippen molar-refractivity contribution in [2.75, 3.05) is 45.9 Å². The molecule has 0 amide bonds. The Morgan fingerprint density at radius 2 is 1.88 bits per heavy atom. The van der Waals surface area contributed by atoms with Gasteiger partial charge in [-0.05, 0) is 13.3 Å². The molecule has 7 nitrogen and oxygen atoms in total. The molecule has 0 saturated carbocycles. The van der Waals surface area contributed by atoms with Crippen LogP contribution in [0.5, 0.6) is 0 Å². The molecule has 2 aliphatic heterocycles. The van der Waals surface area contributed by atoms with E-state index in [0.717, 1.165) is 70.6 Å². The first-order chi connectivity index (χ1) is 11.3. The summed E-state index contributed by atoms with van der Waals surface area (Å²) < 4.78 is 7.28. The molecule has 0 radical (unpaired) electrons. The Bertz CT molecular complexity index is 567. The van der Waals surface area contributed by atoms with E-state index in [0.29, 0.717) is 0 Å². The topological polar surface area (TPSA) is 66.7 Å². The van der Waals surface area contributed by atoms with Crippen LogP contribution in [-0.2, 0) is 18.3 Å². The van der Waals surface area contributed by atoms with Gasteiger partial charge >= 0.3 is 0 Å². The van der Waals surface area contributed by atoms with E-state index >= 15 is 0 Å². The van der Waals surface area contributed by atoms with Crippen molar-refractivity contribution in [3.63, 3.8) is 0 Å². The standard InChI is InChI=1S/C17H31N5O2/c1-14-18-15(20(4)19-14)11-22-6-5-17(23,16(2,3)12-22)13-21-7-9-24-10-8-21/h23H,5-13H2,1-4H3/t17-/m0/s1. The lowest BCUT2D eigenvalue weighted by Crippen LogP contribution is -2.62. The van der Waals surface area contributed by atoms with Crippen LogP contribution >= 0.6 is 0 Å². The number of nitrogens with zero attached hydrogens (tertiary/aromatic N) is 5. The van der Waals surface area contributed by atoms with Crippen LogP contribution in [-0.4, -0.2) is 81.2 Å². The summed E-state index contributed by atoms with van der Waals surface area (Å²) in [7, 11) is 1.94. The molecule has 0 spiro atoms. The highest BCUT2D eigenvalue weighted by atomic mass is 16.5. The van der Waals surface area contributed by atoms with E-state index in [9.17, 15) is 5.11 Å². The molecule has 2 fully saturated rings. The fraction of sp³-hybridized carbons (Fsp3) is 0.882. The summed E-state index contributed by atoms with van der Waals surface area (Å²) in [6.07, 6.45) is 0.786. The Hall–Kier alpha value is -1.02.